The molecule has 2 aromatic heterocycles. The Balaban J connectivity index is 1.65. The van der Waals surface area contributed by atoms with Gasteiger partial charge in [-0.05, 0) is 38.5 Å². The summed E-state index contributed by atoms with van der Waals surface area (Å²) in [7, 11) is 0. The number of hydrogen-bond donors (Lipinski definition) is 1. The van der Waals surface area contributed by atoms with Crippen LogP contribution < -0.4 is 5.32 Å². The van der Waals surface area contributed by atoms with Gasteiger partial charge in [0.2, 0.25) is 5.91 Å². The van der Waals surface area contributed by atoms with Crippen LogP contribution in [0.1, 0.15) is 5.56 Å². The number of aromatic nitrogens is 4. The number of nitro groups is 1. The zero-order valence-corrected chi connectivity index (χ0v) is 16.6. The molecule has 1 amide bonds. The molecule has 9 nitrogen and oxygen atoms in total. The Kier molecular flexibility index (Phi) is 5.78. The maximum Gasteiger partial charge on any atom is 0.389 e. The Bertz CT molecular complexity index is 1020. The standard InChI is InChI=1S/C15H11BrCl2N6O3/c16-10-7-23(6-9-1-2-11(17)12(18)5-9)21-15(10)19-14(25)8-22-4-3-13(20-22)24(26)27/h1-5,7H,6,8H2,(H,19,21,25). The normalized spacial score (nSPS) is 10.8. The maximum absolute atomic E-state index is 12.1. The van der Waals surface area contributed by atoms with Crippen LogP contribution in [0.3, 0.4) is 0 Å². The summed E-state index contributed by atoms with van der Waals surface area (Å²) in [5.41, 5.74) is 0.890. The SMILES string of the molecule is O=C(Cn1ccc([N+](=O)[O-])n1)Nc1nn(Cc2ccc(Cl)c(Cl)c2)cc1Br. The van der Waals surface area contributed by atoms with E-state index in [1.54, 1.807) is 23.0 Å². The zero-order valence-electron chi connectivity index (χ0n) is 13.5. The molecule has 3 rings (SSSR count). The van der Waals surface area contributed by atoms with Gasteiger partial charge >= 0.3 is 5.82 Å². The van der Waals surface area contributed by atoms with E-state index >= 15 is 0 Å². The Labute approximate surface area is 171 Å². The Hall–Kier alpha value is -2.43. The molecule has 0 bridgehead atoms. The van der Waals surface area contributed by atoms with Crippen LogP contribution in [-0.4, -0.2) is 30.4 Å². The average Bonchev–Trinajstić information content (AvgIpc) is 3.18. The van der Waals surface area contributed by atoms with Crippen molar-refractivity contribution in [3.63, 3.8) is 0 Å². The van der Waals surface area contributed by atoms with Crippen molar-refractivity contribution >= 4 is 56.7 Å². The summed E-state index contributed by atoms with van der Waals surface area (Å²) in [6.45, 7) is 0.247. The van der Waals surface area contributed by atoms with Gasteiger partial charge in [-0.2, -0.15) is 9.78 Å². The summed E-state index contributed by atoms with van der Waals surface area (Å²) < 4.78 is 3.38. The van der Waals surface area contributed by atoms with E-state index in [4.69, 9.17) is 23.2 Å². The van der Waals surface area contributed by atoms with Crippen molar-refractivity contribution < 1.29 is 9.72 Å². The van der Waals surface area contributed by atoms with Gasteiger partial charge < -0.3 is 15.4 Å². The van der Waals surface area contributed by atoms with Crippen LogP contribution in [0.25, 0.3) is 0 Å². The molecule has 0 unspecified atom stereocenters. The van der Waals surface area contributed by atoms with E-state index in [1.807, 2.05) is 6.07 Å². The van der Waals surface area contributed by atoms with E-state index in [2.05, 4.69) is 31.4 Å². The number of nitrogens with one attached hydrogen (secondary N) is 1. The topological polar surface area (TPSA) is 108 Å². The first kappa shape index (κ1) is 19.3. The second-order valence-corrected chi connectivity index (χ2v) is 7.12. The van der Waals surface area contributed by atoms with Gasteiger partial charge in [-0.3, -0.25) is 9.48 Å². The number of anilines is 1. The number of carbonyl (C=O) groups excluding carboxylic acids is 1. The van der Waals surface area contributed by atoms with E-state index in [1.165, 1.54) is 16.9 Å². The van der Waals surface area contributed by atoms with E-state index in [0.29, 0.717) is 26.9 Å². The molecular weight excluding hydrogens is 463 g/mol. The minimum atomic E-state index is -0.629. The van der Waals surface area contributed by atoms with Gasteiger partial charge in [0.1, 0.15) is 6.54 Å². The number of halogens is 3. The molecule has 3 aromatic rings. The number of amides is 1. The molecular formula is C15H11BrCl2N6O3. The highest BCUT2D eigenvalue weighted by molar-refractivity contribution is 9.10. The second-order valence-electron chi connectivity index (χ2n) is 5.45. The molecule has 2 heterocycles. The molecule has 0 atom stereocenters. The zero-order chi connectivity index (χ0) is 19.6. The van der Waals surface area contributed by atoms with Crippen LogP contribution in [0.4, 0.5) is 11.6 Å². The predicted molar refractivity (Wildman–Crippen MR) is 103 cm³/mol. The third-order valence-electron chi connectivity index (χ3n) is 3.42. The number of benzene rings is 1. The first-order valence-corrected chi connectivity index (χ1v) is 9.01. The first-order chi connectivity index (χ1) is 12.8. The fourth-order valence-corrected chi connectivity index (χ4v) is 2.98. The van der Waals surface area contributed by atoms with Gasteiger partial charge in [0.15, 0.2) is 5.82 Å². The first-order valence-electron chi connectivity index (χ1n) is 7.46. The van der Waals surface area contributed by atoms with Crippen LogP contribution in [-0.2, 0) is 17.9 Å². The van der Waals surface area contributed by atoms with Crippen molar-refractivity contribution in [1.29, 1.82) is 0 Å². The number of carbonyl (C=O) groups is 1. The smallest absolute Gasteiger partial charge is 0.358 e. The lowest BCUT2D eigenvalue weighted by Gasteiger charge is -2.04. The lowest BCUT2D eigenvalue weighted by atomic mass is 10.2. The molecule has 0 aliphatic carbocycles. The molecule has 27 heavy (non-hydrogen) atoms. The van der Waals surface area contributed by atoms with Crippen molar-refractivity contribution in [2.75, 3.05) is 5.32 Å². The Morgan fingerprint density at radius 1 is 1.22 bits per heavy atom. The minimum Gasteiger partial charge on any atom is -0.358 e. The minimum absolute atomic E-state index is 0.181. The highest BCUT2D eigenvalue weighted by atomic mass is 79.9. The molecule has 0 aliphatic heterocycles. The molecule has 0 aliphatic rings. The largest absolute Gasteiger partial charge is 0.389 e. The number of hydrogen-bond acceptors (Lipinski definition) is 5. The van der Waals surface area contributed by atoms with E-state index < -0.39 is 10.8 Å². The van der Waals surface area contributed by atoms with E-state index in [-0.39, 0.29) is 12.4 Å². The molecule has 0 spiro atoms. The molecule has 12 heteroatoms. The monoisotopic (exact) mass is 472 g/mol. The van der Waals surface area contributed by atoms with Crippen LogP contribution >= 0.6 is 39.1 Å². The molecule has 0 fully saturated rings. The van der Waals surface area contributed by atoms with Gasteiger partial charge in [0, 0.05) is 6.20 Å². The second kappa shape index (κ2) is 8.07. The fraction of sp³-hybridized carbons (Fsp3) is 0.133. The summed E-state index contributed by atoms with van der Waals surface area (Å²) >= 11 is 15.2. The highest BCUT2D eigenvalue weighted by Crippen LogP contribution is 2.24. The molecule has 1 N–H and O–H groups in total. The van der Waals surface area contributed by atoms with Crippen LogP contribution in [0.2, 0.25) is 10.0 Å². The van der Waals surface area contributed by atoms with Crippen molar-refractivity contribution in [2.24, 2.45) is 0 Å². The number of rotatable bonds is 6. The van der Waals surface area contributed by atoms with Crippen molar-refractivity contribution in [2.45, 2.75) is 13.1 Å². The van der Waals surface area contributed by atoms with Crippen molar-refractivity contribution in [3.8, 4) is 0 Å². The van der Waals surface area contributed by atoms with Crippen molar-refractivity contribution in [3.05, 3.63) is 66.9 Å². The molecule has 1 aromatic carbocycles. The fourth-order valence-electron chi connectivity index (χ4n) is 2.24. The van der Waals surface area contributed by atoms with E-state index in [9.17, 15) is 14.9 Å². The van der Waals surface area contributed by atoms with Gasteiger partial charge in [0.25, 0.3) is 0 Å². The number of nitrogens with zero attached hydrogens (tertiary/aromatic N) is 5. The Morgan fingerprint density at radius 2 is 2.00 bits per heavy atom. The summed E-state index contributed by atoms with van der Waals surface area (Å²) in [5, 5.41) is 22.1. The maximum atomic E-state index is 12.1. The lowest BCUT2D eigenvalue weighted by Crippen LogP contribution is -2.19. The van der Waals surface area contributed by atoms with E-state index in [0.717, 1.165) is 5.56 Å². The summed E-state index contributed by atoms with van der Waals surface area (Å²) in [6, 6.07) is 6.48. The third-order valence-corrected chi connectivity index (χ3v) is 4.74. The Morgan fingerprint density at radius 3 is 2.67 bits per heavy atom. The van der Waals surface area contributed by atoms with Gasteiger partial charge in [-0.25, -0.2) is 0 Å². The van der Waals surface area contributed by atoms with Gasteiger partial charge in [0.05, 0.1) is 38.4 Å². The van der Waals surface area contributed by atoms with Gasteiger partial charge in [-0.15, -0.1) is 0 Å². The van der Waals surface area contributed by atoms with Crippen LogP contribution in [0.15, 0.2) is 41.1 Å². The van der Waals surface area contributed by atoms with Crippen LogP contribution in [0.5, 0.6) is 0 Å². The highest BCUT2D eigenvalue weighted by Gasteiger charge is 2.15. The van der Waals surface area contributed by atoms with Crippen LogP contribution in [0, 0.1) is 10.1 Å². The molecule has 0 saturated carbocycles. The summed E-state index contributed by atoms with van der Waals surface area (Å²) in [6.07, 6.45) is 3.06. The average molecular weight is 474 g/mol. The summed E-state index contributed by atoms with van der Waals surface area (Å²) in [4.78, 5) is 22.1. The quantitative estimate of drug-likeness (QED) is 0.433. The van der Waals surface area contributed by atoms with Gasteiger partial charge in [-0.1, -0.05) is 29.3 Å². The molecule has 0 radical (unpaired) electrons. The molecule has 0 saturated heterocycles. The predicted octanol–water partition coefficient (Wildman–Crippen LogP) is 3.74. The molecule has 140 valence electrons. The summed E-state index contributed by atoms with van der Waals surface area (Å²) in [5.74, 6) is -0.426. The lowest BCUT2D eigenvalue weighted by molar-refractivity contribution is -0.389. The van der Waals surface area contributed by atoms with Crippen molar-refractivity contribution in [1.82, 2.24) is 19.6 Å². The third kappa shape index (κ3) is 4.85.